The zero-order valence-electron chi connectivity index (χ0n) is 25.9. The molecule has 0 saturated heterocycles. The highest BCUT2D eigenvalue weighted by Gasteiger charge is 2.72. The topological polar surface area (TPSA) is 158 Å². The van der Waals surface area contributed by atoms with E-state index in [1.807, 2.05) is 0 Å². The van der Waals surface area contributed by atoms with Gasteiger partial charge in [-0.3, -0.25) is 14.4 Å². The molecule has 3 aliphatic carbocycles. The Kier molecular flexibility index (Phi) is 7.20. The second kappa shape index (κ2) is 10.2. The normalized spacial score (nSPS) is 28.2. The number of ketones is 3. The van der Waals surface area contributed by atoms with Crippen LogP contribution in [0.1, 0.15) is 76.4 Å². The SMILES string of the molecule is CC(=O)C1=C(O)[C@]2(O)C(=O)C3=C(O)c4c(O)ccc(-c5cccc(C(=O)OC(C)C)c5)c4C[C@]3(C)C[C@]2(C)C(C(C)C)C1=O. The highest BCUT2D eigenvalue weighted by atomic mass is 16.5. The van der Waals surface area contributed by atoms with Gasteiger partial charge in [0.2, 0.25) is 5.78 Å². The van der Waals surface area contributed by atoms with Crippen molar-refractivity contribution in [2.75, 3.05) is 0 Å². The summed E-state index contributed by atoms with van der Waals surface area (Å²) in [6.07, 6.45) is -0.216. The first-order valence-corrected chi connectivity index (χ1v) is 14.8. The number of carbonyl (C=O) groups is 4. The standard InChI is InChI=1S/C35H38O9/c1-16(2)26-28(38)24(18(5)36)30(40)35(43)31(41)27-29(39)25-22(14-33(27,6)15-34(26,35)7)21(11-12-23(25)37)19-9-8-10-20(13-19)32(42)44-17(3)4/h8-13,16-17,26,37,39-40,43H,14-15H2,1-7H3/t26?,33-,34-,35+/m1/s1. The van der Waals surface area contributed by atoms with Crippen LogP contribution < -0.4 is 0 Å². The number of benzene rings is 2. The van der Waals surface area contributed by atoms with Crippen LogP contribution >= 0.6 is 0 Å². The molecular weight excluding hydrogens is 564 g/mol. The molecular formula is C35H38O9. The van der Waals surface area contributed by atoms with Crippen LogP contribution in [0.3, 0.4) is 0 Å². The van der Waals surface area contributed by atoms with Crippen LogP contribution in [0, 0.1) is 22.7 Å². The van der Waals surface area contributed by atoms with Crippen molar-refractivity contribution in [2.24, 2.45) is 22.7 Å². The van der Waals surface area contributed by atoms with Crippen molar-refractivity contribution in [2.45, 2.75) is 73.0 Å². The third-order valence-corrected chi connectivity index (χ3v) is 9.64. The maximum absolute atomic E-state index is 14.5. The fraction of sp³-hybridized carbons (Fsp3) is 0.429. The quantitative estimate of drug-likeness (QED) is 0.259. The molecule has 5 rings (SSSR count). The van der Waals surface area contributed by atoms with Gasteiger partial charge in [-0.15, -0.1) is 0 Å². The van der Waals surface area contributed by atoms with E-state index in [1.54, 1.807) is 71.9 Å². The number of carbonyl (C=O) groups excluding carboxylic acids is 4. The van der Waals surface area contributed by atoms with Crippen LogP contribution in [0.4, 0.5) is 0 Å². The molecule has 1 fully saturated rings. The van der Waals surface area contributed by atoms with E-state index in [0.717, 1.165) is 6.92 Å². The van der Waals surface area contributed by atoms with Gasteiger partial charge in [0.1, 0.15) is 22.8 Å². The first-order chi connectivity index (χ1) is 20.4. The summed E-state index contributed by atoms with van der Waals surface area (Å²) in [6.45, 7) is 11.4. The maximum Gasteiger partial charge on any atom is 0.338 e. The molecule has 9 nitrogen and oxygen atoms in total. The molecule has 0 radical (unpaired) electrons. The summed E-state index contributed by atoms with van der Waals surface area (Å²) in [5, 5.41) is 46.2. The molecule has 0 aromatic heterocycles. The number of rotatable bonds is 5. The highest BCUT2D eigenvalue weighted by Crippen LogP contribution is 2.65. The van der Waals surface area contributed by atoms with Gasteiger partial charge < -0.3 is 25.2 Å². The lowest BCUT2D eigenvalue weighted by Crippen LogP contribution is -2.69. The lowest BCUT2D eigenvalue weighted by atomic mass is 9.43. The van der Waals surface area contributed by atoms with Crippen molar-refractivity contribution in [1.29, 1.82) is 0 Å². The van der Waals surface area contributed by atoms with E-state index in [0.29, 0.717) is 22.3 Å². The van der Waals surface area contributed by atoms with Gasteiger partial charge in [0.25, 0.3) is 0 Å². The number of phenolic OH excluding ortho intramolecular Hbond substituents is 1. The Labute approximate surface area is 255 Å². The molecule has 2 aromatic carbocycles. The van der Waals surface area contributed by atoms with E-state index in [9.17, 15) is 39.6 Å². The van der Waals surface area contributed by atoms with Crippen LogP contribution in [0.5, 0.6) is 5.75 Å². The van der Waals surface area contributed by atoms with Gasteiger partial charge in [-0.05, 0) is 74.4 Å². The Balaban J connectivity index is 1.76. The zero-order chi connectivity index (χ0) is 32.7. The lowest BCUT2D eigenvalue weighted by Gasteiger charge is -2.59. The number of hydrogen-bond donors (Lipinski definition) is 4. The minimum Gasteiger partial charge on any atom is -0.508 e. The summed E-state index contributed by atoms with van der Waals surface area (Å²) < 4.78 is 5.35. The highest BCUT2D eigenvalue weighted by molar-refractivity contribution is 6.24. The predicted molar refractivity (Wildman–Crippen MR) is 162 cm³/mol. The molecule has 0 bridgehead atoms. The van der Waals surface area contributed by atoms with Crippen molar-refractivity contribution in [3.8, 4) is 16.9 Å². The van der Waals surface area contributed by atoms with Crippen LogP contribution in [0.25, 0.3) is 16.9 Å². The van der Waals surface area contributed by atoms with E-state index in [1.165, 1.54) is 6.07 Å². The molecule has 2 aromatic rings. The molecule has 4 atom stereocenters. The molecule has 0 amide bonds. The molecule has 9 heteroatoms. The van der Waals surface area contributed by atoms with Gasteiger partial charge in [-0.25, -0.2) is 4.79 Å². The number of phenols is 1. The van der Waals surface area contributed by atoms with E-state index >= 15 is 0 Å². The molecule has 1 saturated carbocycles. The van der Waals surface area contributed by atoms with Gasteiger partial charge in [-0.1, -0.05) is 45.9 Å². The lowest BCUT2D eigenvalue weighted by molar-refractivity contribution is -0.178. The second-order valence-electron chi connectivity index (χ2n) is 13.5. The first kappa shape index (κ1) is 31.2. The summed E-state index contributed by atoms with van der Waals surface area (Å²) in [7, 11) is 0. The van der Waals surface area contributed by atoms with Crippen LogP contribution in [-0.4, -0.2) is 55.5 Å². The number of ether oxygens (including phenoxy) is 1. The second-order valence-corrected chi connectivity index (χ2v) is 13.5. The van der Waals surface area contributed by atoms with Crippen LogP contribution in [0.2, 0.25) is 0 Å². The van der Waals surface area contributed by atoms with Crippen LogP contribution in [-0.2, 0) is 25.5 Å². The third-order valence-electron chi connectivity index (χ3n) is 9.64. The Bertz CT molecular complexity index is 1710. The molecule has 232 valence electrons. The minimum absolute atomic E-state index is 0.00626. The number of allylic oxidation sites excluding steroid dienone is 1. The number of aliphatic hydroxyl groups is 3. The number of fused-ring (bicyclic) bond motifs is 3. The van der Waals surface area contributed by atoms with Gasteiger partial charge in [-0.2, -0.15) is 0 Å². The van der Waals surface area contributed by atoms with E-state index in [4.69, 9.17) is 4.74 Å². The number of hydrogen-bond acceptors (Lipinski definition) is 9. The zero-order valence-corrected chi connectivity index (χ0v) is 25.9. The number of Topliss-reactive ketones (excluding diaryl/α,β-unsaturated/α-hetero) is 3. The monoisotopic (exact) mass is 602 g/mol. The number of aromatic hydroxyl groups is 1. The van der Waals surface area contributed by atoms with Gasteiger partial charge in [0, 0.05) is 22.3 Å². The third kappa shape index (κ3) is 4.16. The Morgan fingerprint density at radius 3 is 2.25 bits per heavy atom. The minimum atomic E-state index is -2.67. The predicted octanol–water partition coefficient (Wildman–Crippen LogP) is 5.42. The van der Waals surface area contributed by atoms with Crippen molar-refractivity contribution in [3.63, 3.8) is 0 Å². The summed E-state index contributed by atoms with van der Waals surface area (Å²) in [5.41, 5.74) is -4.15. The van der Waals surface area contributed by atoms with E-state index in [2.05, 4.69) is 0 Å². The molecule has 3 aliphatic rings. The molecule has 0 spiro atoms. The Morgan fingerprint density at radius 2 is 1.66 bits per heavy atom. The Hall–Kier alpha value is -4.24. The summed E-state index contributed by atoms with van der Waals surface area (Å²) in [4.78, 5) is 53.4. The van der Waals surface area contributed by atoms with Crippen LogP contribution in [0.15, 0.2) is 53.3 Å². The van der Waals surface area contributed by atoms with Gasteiger partial charge in [0.15, 0.2) is 17.2 Å². The molecule has 44 heavy (non-hydrogen) atoms. The average Bonchev–Trinajstić information content (AvgIpc) is 2.90. The molecule has 1 unspecified atom stereocenters. The number of aliphatic hydroxyl groups excluding tert-OH is 2. The average molecular weight is 603 g/mol. The maximum atomic E-state index is 14.5. The molecule has 0 heterocycles. The van der Waals surface area contributed by atoms with Crippen molar-refractivity contribution in [1.82, 2.24) is 0 Å². The smallest absolute Gasteiger partial charge is 0.338 e. The fourth-order valence-corrected chi connectivity index (χ4v) is 8.08. The summed E-state index contributed by atoms with van der Waals surface area (Å²) in [6, 6.07) is 9.80. The fourth-order valence-electron chi connectivity index (χ4n) is 8.08. The van der Waals surface area contributed by atoms with E-state index in [-0.39, 0.29) is 35.8 Å². The van der Waals surface area contributed by atoms with Gasteiger partial charge >= 0.3 is 5.97 Å². The summed E-state index contributed by atoms with van der Waals surface area (Å²) >= 11 is 0. The summed E-state index contributed by atoms with van der Waals surface area (Å²) in [5.74, 6) is -6.21. The molecule has 4 N–H and O–H groups in total. The van der Waals surface area contributed by atoms with Crippen molar-refractivity contribution < 1.29 is 44.3 Å². The molecule has 0 aliphatic heterocycles. The largest absolute Gasteiger partial charge is 0.508 e. The van der Waals surface area contributed by atoms with Crippen molar-refractivity contribution >= 4 is 29.1 Å². The van der Waals surface area contributed by atoms with E-state index < -0.39 is 68.7 Å². The number of esters is 1. The Morgan fingerprint density at radius 1 is 1.00 bits per heavy atom. The first-order valence-electron chi connectivity index (χ1n) is 14.8. The van der Waals surface area contributed by atoms with Crippen molar-refractivity contribution in [3.05, 3.63) is 70.0 Å². The van der Waals surface area contributed by atoms with Gasteiger partial charge in [0.05, 0.1) is 17.2 Å².